The van der Waals surface area contributed by atoms with Gasteiger partial charge in [-0.25, -0.2) is 13.1 Å². The third-order valence-electron chi connectivity index (χ3n) is 2.43. The van der Waals surface area contributed by atoms with Crippen LogP contribution >= 0.6 is 34.8 Å². The van der Waals surface area contributed by atoms with Gasteiger partial charge in [-0.05, 0) is 25.1 Å². The van der Waals surface area contributed by atoms with Crippen LogP contribution in [0.5, 0.6) is 0 Å². The van der Waals surface area contributed by atoms with Crippen LogP contribution in [-0.2, 0) is 10.0 Å². The van der Waals surface area contributed by atoms with Gasteiger partial charge in [0.25, 0.3) is 0 Å². The summed E-state index contributed by atoms with van der Waals surface area (Å²) in [6.45, 7) is 5.08. The largest absolute Gasteiger partial charge is 0.314 e. The second kappa shape index (κ2) is 7.82. The Kier molecular flexibility index (Phi) is 7.04. The first-order valence-electron chi connectivity index (χ1n) is 6.11. The third-order valence-corrected chi connectivity index (χ3v) is 5.03. The highest BCUT2D eigenvalue weighted by atomic mass is 35.5. The van der Waals surface area contributed by atoms with Crippen LogP contribution in [0.25, 0.3) is 0 Å². The van der Waals surface area contributed by atoms with E-state index in [1.165, 1.54) is 12.1 Å². The number of sulfonamides is 1. The molecule has 0 amide bonds. The number of benzene rings is 1. The molecule has 1 aromatic carbocycles. The van der Waals surface area contributed by atoms with Gasteiger partial charge < -0.3 is 5.32 Å². The van der Waals surface area contributed by atoms with Gasteiger partial charge in [-0.1, -0.05) is 48.7 Å². The zero-order chi connectivity index (χ0) is 15.3. The molecule has 114 valence electrons. The van der Waals surface area contributed by atoms with Crippen LogP contribution in [0, 0.1) is 0 Å². The molecular formula is C12H17Cl3N2O2S. The molecule has 0 saturated heterocycles. The SMILES string of the molecule is CC(C)NCCCNS(=O)(=O)c1c(Cl)cc(Cl)cc1Cl. The van der Waals surface area contributed by atoms with Crippen molar-refractivity contribution >= 4 is 44.8 Å². The fourth-order valence-corrected chi connectivity index (χ4v) is 4.16. The number of rotatable bonds is 7. The minimum absolute atomic E-state index is 0.00954. The van der Waals surface area contributed by atoms with Crippen molar-refractivity contribution in [1.82, 2.24) is 10.0 Å². The second-order valence-corrected chi connectivity index (χ2v) is 7.51. The Morgan fingerprint density at radius 1 is 1.10 bits per heavy atom. The van der Waals surface area contributed by atoms with Gasteiger partial charge in [0.1, 0.15) is 4.90 Å². The highest BCUT2D eigenvalue weighted by molar-refractivity contribution is 7.89. The van der Waals surface area contributed by atoms with Crippen molar-refractivity contribution in [2.24, 2.45) is 0 Å². The van der Waals surface area contributed by atoms with E-state index in [1.807, 2.05) is 13.8 Å². The molecule has 0 bridgehead atoms. The van der Waals surface area contributed by atoms with Crippen LogP contribution in [0.2, 0.25) is 15.1 Å². The maximum absolute atomic E-state index is 12.1. The molecule has 0 heterocycles. The van der Waals surface area contributed by atoms with Gasteiger partial charge in [0.15, 0.2) is 0 Å². The van der Waals surface area contributed by atoms with Crippen molar-refractivity contribution in [3.63, 3.8) is 0 Å². The van der Waals surface area contributed by atoms with Gasteiger partial charge in [-0.2, -0.15) is 0 Å². The summed E-state index contributed by atoms with van der Waals surface area (Å²) in [5, 5.41) is 3.51. The maximum Gasteiger partial charge on any atom is 0.243 e. The Morgan fingerprint density at radius 3 is 2.15 bits per heavy atom. The molecule has 2 N–H and O–H groups in total. The van der Waals surface area contributed by atoms with Crippen LogP contribution in [0.3, 0.4) is 0 Å². The van der Waals surface area contributed by atoms with E-state index in [0.717, 1.165) is 6.54 Å². The summed E-state index contributed by atoms with van der Waals surface area (Å²) < 4.78 is 26.7. The number of nitrogens with one attached hydrogen (secondary N) is 2. The van der Waals surface area contributed by atoms with Crippen molar-refractivity contribution in [2.45, 2.75) is 31.2 Å². The first-order valence-corrected chi connectivity index (χ1v) is 8.73. The molecule has 0 spiro atoms. The summed E-state index contributed by atoms with van der Waals surface area (Å²) in [4.78, 5) is -0.137. The van der Waals surface area contributed by atoms with E-state index in [4.69, 9.17) is 34.8 Å². The molecule has 1 rings (SSSR count). The zero-order valence-corrected chi connectivity index (χ0v) is 14.3. The molecule has 0 aromatic heterocycles. The minimum Gasteiger partial charge on any atom is -0.314 e. The Morgan fingerprint density at radius 2 is 1.65 bits per heavy atom. The monoisotopic (exact) mass is 358 g/mol. The topological polar surface area (TPSA) is 58.2 Å². The normalized spacial score (nSPS) is 12.1. The van der Waals surface area contributed by atoms with E-state index in [-0.39, 0.29) is 14.9 Å². The molecule has 8 heteroatoms. The first kappa shape index (κ1) is 18.0. The predicted octanol–water partition coefficient (Wildman–Crippen LogP) is 3.31. The van der Waals surface area contributed by atoms with Crippen LogP contribution in [0.15, 0.2) is 17.0 Å². The Bertz CT molecular complexity index is 539. The molecular weight excluding hydrogens is 343 g/mol. The summed E-state index contributed by atoms with van der Waals surface area (Å²) in [6, 6.07) is 3.07. The molecule has 0 aliphatic heterocycles. The van der Waals surface area contributed by atoms with Gasteiger partial charge in [0.2, 0.25) is 10.0 Å². The summed E-state index contributed by atoms with van der Waals surface area (Å²) in [5.41, 5.74) is 0. The van der Waals surface area contributed by atoms with Crippen LogP contribution in [0.4, 0.5) is 0 Å². The van der Waals surface area contributed by atoms with Crippen molar-refractivity contribution < 1.29 is 8.42 Å². The number of hydrogen-bond acceptors (Lipinski definition) is 3. The zero-order valence-electron chi connectivity index (χ0n) is 11.2. The predicted molar refractivity (Wildman–Crippen MR) is 84.4 cm³/mol. The fraction of sp³-hybridized carbons (Fsp3) is 0.500. The average molecular weight is 360 g/mol. The molecule has 4 nitrogen and oxygen atoms in total. The highest BCUT2D eigenvalue weighted by Crippen LogP contribution is 2.32. The van der Waals surface area contributed by atoms with Crippen molar-refractivity contribution in [3.05, 3.63) is 27.2 Å². The van der Waals surface area contributed by atoms with E-state index in [0.29, 0.717) is 24.0 Å². The summed E-state index contributed by atoms with van der Waals surface area (Å²) in [6.07, 6.45) is 0.667. The maximum atomic E-state index is 12.1. The minimum atomic E-state index is -3.74. The van der Waals surface area contributed by atoms with Crippen molar-refractivity contribution in [2.75, 3.05) is 13.1 Å². The Balaban J connectivity index is 2.70. The van der Waals surface area contributed by atoms with E-state index < -0.39 is 10.0 Å². The summed E-state index contributed by atoms with van der Waals surface area (Å²) in [7, 11) is -3.74. The lowest BCUT2D eigenvalue weighted by atomic mass is 10.3. The van der Waals surface area contributed by atoms with Gasteiger partial charge in [0, 0.05) is 17.6 Å². The molecule has 0 atom stereocenters. The van der Waals surface area contributed by atoms with Crippen LogP contribution < -0.4 is 10.0 Å². The van der Waals surface area contributed by atoms with Crippen molar-refractivity contribution in [3.8, 4) is 0 Å². The smallest absolute Gasteiger partial charge is 0.243 e. The second-order valence-electron chi connectivity index (χ2n) is 4.56. The van der Waals surface area contributed by atoms with E-state index in [9.17, 15) is 8.42 Å². The van der Waals surface area contributed by atoms with E-state index >= 15 is 0 Å². The molecule has 0 saturated carbocycles. The lowest BCUT2D eigenvalue weighted by Gasteiger charge is -2.11. The molecule has 20 heavy (non-hydrogen) atoms. The quantitative estimate of drug-likeness (QED) is 0.734. The van der Waals surface area contributed by atoms with Crippen LogP contribution in [0.1, 0.15) is 20.3 Å². The number of hydrogen-bond donors (Lipinski definition) is 2. The van der Waals surface area contributed by atoms with E-state index in [1.54, 1.807) is 0 Å². The molecule has 0 aliphatic carbocycles. The Labute approximate surface area is 134 Å². The lowest BCUT2D eigenvalue weighted by molar-refractivity contribution is 0.554. The average Bonchev–Trinajstić information content (AvgIpc) is 2.25. The van der Waals surface area contributed by atoms with Crippen LogP contribution in [-0.4, -0.2) is 27.5 Å². The van der Waals surface area contributed by atoms with Gasteiger partial charge >= 0.3 is 0 Å². The summed E-state index contributed by atoms with van der Waals surface area (Å²) >= 11 is 17.6. The first-order chi connectivity index (χ1) is 9.24. The van der Waals surface area contributed by atoms with Gasteiger partial charge in [-0.15, -0.1) is 0 Å². The fourth-order valence-electron chi connectivity index (χ4n) is 1.54. The van der Waals surface area contributed by atoms with Gasteiger partial charge in [-0.3, -0.25) is 0 Å². The molecule has 0 fully saturated rings. The lowest BCUT2D eigenvalue weighted by Crippen LogP contribution is -2.30. The van der Waals surface area contributed by atoms with Crippen molar-refractivity contribution in [1.29, 1.82) is 0 Å². The molecule has 0 radical (unpaired) electrons. The van der Waals surface area contributed by atoms with E-state index in [2.05, 4.69) is 10.0 Å². The Hall–Kier alpha value is -0.0400. The van der Waals surface area contributed by atoms with Gasteiger partial charge in [0.05, 0.1) is 10.0 Å². The molecule has 0 unspecified atom stereocenters. The summed E-state index contributed by atoms with van der Waals surface area (Å²) in [5.74, 6) is 0. The standard InChI is InChI=1S/C12H17Cl3N2O2S/c1-8(2)16-4-3-5-17-20(18,19)12-10(14)6-9(13)7-11(12)15/h6-8,16-17H,3-5H2,1-2H3. The molecule has 1 aromatic rings. The highest BCUT2D eigenvalue weighted by Gasteiger charge is 2.21. The number of halogens is 3. The molecule has 0 aliphatic rings. The third kappa shape index (κ3) is 5.39.